The zero-order valence-electron chi connectivity index (χ0n) is 11.0. The van der Waals surface area contributed by atoms with Crippen molar-refractivity contribution in [1.29, 1.82) is 0 Å². The van der Waals surface area contributed by atoms with Crippen molar-refractivity contribution >= 4 is 5.97 Å². The van der Waals surface area contributed by atoms with E-state index in [0.717, 1.165) is 13.1 Å². The summed E-state index contributed by atoms with van der Waals surface area (Å²) in [5.41, 5.74) is 1.20. The van der Waals surface area contributed by atoms with Crippen LogP contribution in [0.25, 0.3) is 0 Å². The Morgan fingerprint density at radius 1 is 1.39 bits per heavy atom. The van der Waals surface area contributed by atoms with Gasteiger partial charge in [-0.1, -0.05) is 37.3 Å². The van der Waals surface area contributed by atoms with Crippen LogP contribution >= 0.6 is 0 Å². The predicted molar refractivity (Wildman–Crippen MR) is 70.0 cm³/mol. The Balaban J connectivity index is 2.44. The van der Waals surface area contributed by atoms with Gasteiger partial charge in [0.15, 0.2) is 0 Å². The van der Waals surface area contributed by atoms with Crippen molar-refractivity contribution in [3.8, 4) is 0 Å². The maximum atomic E-state index is 11.0. The number of aliphatic hydroxyl groups excluding tert-OH is 1. The van der Waals surface area contributed by atoms with Gasteiger partial charge in [0.1, 0.15) is 0 Å². The molecule has 0 aromatic heterocycles. The summed E-state index contributed by atoms with van der Waals surface area (Å²) in [5, 5.41) is 9.79. The number of hydrogen-bond donors (Lipinski definition) is 1. The quantitative estimate of drug-likeness (QED) is 0.745. The van der Waals surface area contributed by atoms with E-state index in [1.54, 1.807) is 0 Å². The third-order valence-corrected chi connectivity index (χ3v) is 2.80. The fourth-order valence-corrected chi connectivity index (χ4v) is 1.79. The molecule has 1 aromatic rings. The molecule has 0 bridgehead atoms. The van der Waals surface area contributed by atoms with Crippen LogP contribution in [0.2, 0.25) is 0 Å². The number of aliphatic hydroxyl groups is 1. The maximum Gasteiger partial charge on any atom is 0.308 e. The Morgan fingerprint density at radius 2 is 2.06 bits per heavy atom. The van der Waals surface area contributed by atoms with Gasteiger partial charge in [0.2, 0.25) is 0 Å². The fourth-order valence-electron chi connectivity index (χ4n) is 1.79. The van der Waals surface area contributed by atoms with E-state index < -0.39 is 6.10 Å². The highest BCUT2D eigenvalue weighted by Crippen LogP contribution is 2.06. The molecule has 0 aliphatic rings. The highest BCUT2D eigenvalue weighted by atomic mass is 16.5. The number of rotatable bonds is 7. The summed E-state index contributed by atoms with van der Waals surface area (Å²) in [6, 6.07) is 10.1. The first-order valence-electron chi connectivity index (χ1n) is 6.16. The normalized spacial score (nSPS) is 12.4. The highest BCUT2D eigenvalue weighted by Gasteiger charge is 2.14. The summed E-state index contributed by atoms with van der Waals surface area (Å²) in [7, 11) is 1.33. The first-order valence-corrected chi connectivity index (χ1v) is 6.16. The van der Waals surface area contributed by atoms with Gasteiger partial charge in [-0.05, 0) is 12.1 Å². The Hall–Kier alpha value is -1.39. The van der Waals surface area contributed by atoms with Gasteiger partial charge in [-0.2, -0.15) is 0 Å². The SMILES string of the molecule is CCN(Cc1ccccc1)CC(O)CC(=O)OC. The summed E-state index contributed by atoms with van der Waals surface area (Å²) >= 11 is 0. The standard InChI is InChI=1S/C14H21NO3/c1-3-15(10-12-7-5-4-6-8-12)11-13(16)9-14(17)18-2/h4-8,13,16H,3,9-11H2,1-2H3. The molecule has 100 valence electrons. The lowest BCUT2D eigenvalue weighted by atomic mass is 10.2. The summed E-state index contributed by atoms with van der Waals surface area (Å²) in [5.74, 6) is -0.377. The molecule has 0 saturated heterocycles. The van der Waals surface area contributed by atoms with Crippen LogP contribution in [0.3, 0.4) is 0 Å². The number of hydrogen-bond acceptors (Lipinski definition) is 4. The van der Waals surface area contributed by atoms with Gasteiger partial charge in [-0.3, -0.25) is 9.69 Å². The Labute approximate surface area is 108 Å². The molecular formula is C14H21NO3. The van der Waals surface area contributed by atoms with Crippen molar-refractivity contribution in [1.82, 2.24) is 4.90 Å². The first-order chi connectivity index (χ1) is 8.65. The van der Waals surface area contributed by atoms with Gasteiger partial charge in [-0.15, -0.1) is 0 Å². The Bertz CT molecular complexity index is 353. The molecule has 1 unspecified atom stereocenters. The average molecular weight is 251 g/mol. The van der Waals surface area contributed by atoms with Crippen LogP contribution in [0.1, 0.15) is 18.9 Å². The van der Waals surface area contributed by atoms with Crippen LogP contribution < -0.4 is 0 Å². The lowest BCUT2D eigenvalue weighted by Crippen LogP contribution is -2.33. The lowest BCUT2D eigenvalue weighted by Gasteiger charge is -2.23. The van der Waals surface area contributed by atoms with Crippen LogP contribution in [-0.2, 0) is 16.1 Å². The zero-order chi connectivity index (χ0) is 13.4. The molecule has 1 N–H and O–H groups in total. The van der Waals surface area contributed by atoms with Crippen LogP contribution in [-0.4, -0.2) is 42.3 Å². The Morgan fingerprint density at radius 3 is 2.61 bits per heavy atom. The minimum absolute atomic E-state index is 0.0434. The van der Waals surface area contributed by atoms with Gasteiger partial charge < -0.3 is 9.84 Å². The van der Waals surface area contributed by atoms with Crippen molar-refractivity contribution < 1.29 is 14.6 Å². The van der Waals surface area contributed by atoms with Crippen molar-refractivity contribution in [2.24, 2.45) is 0 Å². The van der Waals surface area contributed by atoms with Gasteiger partial charge in [0.25, 0.3) is 0 Å². The third kappa shape index (κ3) is 5.29. The molecule has 0 amide bonds. The van der Waals surface area contributed by atoms with E-state index in [1.807, 2.05) is 25.1 Å². The highest BCUT2D eigenvalue weighted by molar-refractivity contribution is 5.69. The monoisotopic (exact) mass is 251 g/mol. The van der Waals surface area contributed by atoms with E-state index in [4.69, 9.17) is 0 Å². The second kappa shape index (κ2) is 7.84. The number of carbonyl (C=O) groups is 1. The second-order valence-electron chi connectivity index (χ2n) is 4.25. The summed E-state index contributed by atoms with van der Waals surface area (Å²) in [6.07, 6.45) is -0.636. The van der Waals surface area contributed by atoms with Crippen LogP contribution in [0, 0.1) is 0 Å². The van der Waals surface area contributed by atoms with Crippen LogP contribution in [0.5, 0.6) is 0 Å². The number of nitrogens with zero attached hydrogens (tertiary/aromatic N) is 1. The molecule has 0 fully saturated rings. The van der Waals surface area contributed by atoms with Gasteiger partial charge in [0, 0.05) is 13.1 Å². The number of benzene rings is 1. The molecule has 1 atom stereocenters. The third-order valence-electron chi connectivity index (χ3n) is 2.80. The zero-order valence-corrected chi connectivity index (χ0v) is 11.0. The topological polar surface area (TPSA) is 49.8 Å². The molecule has 4 heteroatoms. The number of methoxy groups -OCH3 is 1. The number of ether oxygens (including phenoxy) is 1. The van der Waals surface area contributed by atoms with Crippen LogP contribution in [0.15, 0.2) is 30.3 Å². The van der Waals surface area contributed by atoms with Crippen molar-refractivity contribution in [3.05, 3.63) is 35.9 Å². The molecule has 0 aliphatic heterocycles. The first kappa shape index (κ1) is 14.7. The maximum absolute atomic E-state index is 11.0. The minimum Gasteiger partial charge on any atom is -0.469 e. The summed E-state index contributed by atoms with van der Waals surface area (Å²) in [6.45, 7) is 4.11. The molecule has 18 heavy (non-hydrogen) atoms. The Kier molecular flexibility index (Phi) is 6.39. The van der Waals surface area contributed by atoms with Gasteiger partial charge in [-0.25, -0.2) is 0 Å². The molecule has 1 rings (SSSR count). The van der Waals surface area contributed by atoms with E-state index in [9.17, 15) is 9.90 Å². The van der Waals surface area contributed by atoms with Crippen molar-refractivity contribution in [3.63, 3.8) is 0 Å². The van der Waals surface area contributed by atoms with Crippen LogP contribution in [0.4, 0.5) is 0 Å². The molecule has 0 aliphatic carbocycles. The molecule has 4 nitrogen and oxygen atoms in total. The molecular weight excluding hydrogens is 230 g/mol. The van der Waals surface area contributed by atoms with E-state index in [2.05, 4.69) is 21.8 Å². The second-order valence-corrected chi connectivity index (χ2v) is 4.25. The van der Waals surface area contributed by atoms with E-state index in [0.29, 0.717) is 6.54 Å². The van der Waals surface area contributed by atoms with E-state index >= 15 is 0 Å². The number of carbonyl (C=O) groups excluding carboxylic acids is 1. The minimum atomic E-state index is -0.680. The smallest absolute Gasteiger partial charge is 0.308 e. The van der Waals surface area contributed by atoms with E-state index in [-0.39, 0.29) is 12.4 Å². The summed E-state index contributed by atoms with van der Waals surface area (Å²) in [4.78, 5) is 13.1. The number of esters is 1. The molecule has 0 spiro atoms. The fraction of sp³-hybridized carbons (Fsp3) is 0.500. The molecule has 0 radical (unpaired) electrons. The van der Waals surface area contributed by atoms with E-state index in [1.165, 1.54) is 12.7 Å². The lowest BCUT2D eigenvalue weighted by molar-refractivity contribution is -0.143. The van der Waals surface area contributed by atoms with Crippen molar-refractivity contribution in [2.45, 2.75) is 26.0 Å². The molecule has 1 aromatic carbocycles. The van der Waals surface area contributed by atoms with Gasteiger partial charge >= 0.3 is 5.97 Å². The predicted octanol–water partition coefficient (Wildman–Crippen LogP) is 1.43. The average Bonchev–Trinajstić information content (AvgIpc) is 2.38. The number of likely N-dealkylation sites (N-methyl/N-ethyl adjacent to an activating group) is 1. The molecule has 0 heterocycles. The largest absolute Gasteiger partial charge is 0.469 e. The van der Waals surface area contributed by atoms with Crippen molar-refractivity contribution in [2.75, 3.05) is 20.2 Å². The molecule has 0 saturated carbocycles. The van der Waals surface area contributed by atoms with Gasteiger partial charge in [0.05, 0.1) is 19.6 Å². The summed E-state index contributed by atoms with van der Waals surface area (Å²) < 4.78 is 4.54.